The topological polar surface area (TPSA) is 18.5 Å². The summed E-state index contributed by atoms with van der Waals surface area (Å²) < 4.78 is 11.2. The van der Waals surface area contributed by atoms with Crippen LogP contribution in [0.3, 0.4) is 0 Å². The normalized spacial score (nSPS) is 8.00. The zero-order valence-corrected chi connectivity index (χ0v) is 12.4. The Morgan fingerprint density at radius 2 is 0.941 bits per heavy atom. The maximum atomic E-state index is 5.58. The summed E-state index contributed by atoms with van der Waals surface area (Å²) in [7, 11) is 0. The third-order valence-corrected chi connectivity index (χ3v) is 4.10. The van der Waals surface area contributed by atoms with E-state index in [9.17, 15) is 0 Å². The van der Waals surface area contributed by atoms with Crippen molar-refractivity contribution in [3.63, 3.8) is 0 Å². The first-order valence-electron chi connectivity index (χ1n) is 4.64. The van der Waals surface area contributed by atoms with Gasteiger partial charge in [-0.25, -0.2) is 0 Å². The molecule has 2 rings (SSSR count). The molecule has 88 valence electrons. The Balaban J connectivity index is 0.00000128. The zero-order valence-electron chi connectivity index (χ0n) is 8.85. The molecule has 0 radical (unpaired) electrons. The van der Waals surface area contributed by atoms with Crippen LogP contribution in [0.5, 0.6) is 11.5 Å². The van der Waals surface area contributed by atoms with Crippen LogP contribution in [0.4, 0.5) is 0 Å². The summed E-state index contributed by atoms with van der Waals surface area (Å²) in [5.74, 6) is 1.80. The van der Waals surface area contributed by atoms with Crippen LogP contribution in [-0.4, -0.2) is 0 Å². The van der Waals surface area contributed by atoms with Gasteiger partial charge < -0.3 is 9.41 Å². The molecule has 0 saturated heterocycles. The summed E-state index contributed by atoms with van der Waals surface area (Å²) in [6.45, 7) is 0. The average molecular weight is 403 g/mol. The maximum absolute atomic E-state index is 5.58. The van der Waals surface area contributed by atoms with E-state index in [1.54, 1.807) is 0 Å². The molecule has 0 aliphatic rings. The molecule has 5 heteroatoms. The number of rotatable bonds is 4. The molecule has 2 nitrogen and oxygen atoms in total. The summed E-state index contributed by atoms with van der Waals surface area (Å²) in [6.07, 6.45) is 0. The Labute approximate surface area is 111 Å². The molecule has 0 heterocycles. The van der Waals surface area contributed by atoms with Crippen LogP contribution < -0.4 is 15.1 Å². The summed E-state index contributed by atoms with van der Waals surface area (Å²) in [4.78, 5) is 0. The number of para-hydroxylation sites is 2. The van der Waals surface area contributed by atoms with E-state index in [2.05, 4.69) is 0 Å². The molecule has 0 aromatic heterocycles. The SMILES string of the molecule is [F-].[F-].c1ccc([O][Hf+2][O]c2ccccc2)cc1. The Bertz CT molecular complexity index is 358. The van der Waals surface area contributed by atoms with Crippen molar-refractivity contribution in [2.24, 2.45) is 0 Å². The van der Waals surface area contributed by atoms with Crippen molar-refractivity contribution in [1.82, 2.24) is 0 Å². The van der Waals surface area contributed by atoms with Crippen LogP contribution in [0.2, 0.25) is 0 Å². The van der Waals surface area contributed by atoms with Gasteiger partial charge in [-0.2, -0.15) is 0 Å². The molecule has 0 atom stereocenters. The molecule has 17 heavy (non-hydrogen) atoms. The fraction of sp³-hybridized carbons (Fsp3) is 0. The van der Waals surface area contributed by atoms with Crippen LogP contribution in [-0.2, 0) is 23.8 Å². The van der Waals surface area contributed by atoms with Crippen molar-refractivity contribution in [2.45, 2.75) is 0 Å². The first-order chi connectivity index (χ1) is 7.45. The Morgan fingerprint density at radius 1 is 0.588 bits per heavy atom. The minimum atomic E-state index is -1.47. The molecule has 0 bridgehead atoms. The number of hydrogen-bond donors (Lipinski definition) is 0. The van der Waals surface area contributed by atoms with Crippen molar-refractivity contribution in [1.29, 1.82) is 0 Å². The molecule has 0 saturated carbocycles. The second-order valence-corrected chi connectivity index (χ2v) is 4.98. The van der Waals surface area contributed by atoms with E-state index < -0.39 is 23.8 Å². The van der Waals surface area contributed by atoms with Crippen molar-refractivity contribution in [3.8, 4) is 11.5 Å². The van der Waals surface area contributed by atoms with E-state index in [1.165, 1.54) is 0 Å². The van der Waals surface area contributed by atoms with E-state index in [0.717, 1.165) is 11.5 Å². The number of benzene rings is 2. The van der Waals surface area contributed by atoms with Crippen LogP contribution in [0.25, 0.3) is 0 Å². The van der Waals surface area contributed by atoms with Gasteiger partial charge in [0.05, 0.1) is 0 Å². The molecule has 0 spiro atoms. The molecular weight excluding hydrogens is 393 g/mol. The van der Waals surface area contributed by atoms with Gasteiger partial charge in [0, 0.05) is 0 Å². The average Bonchev–Trinajstić information content (AvgIpc) is 2.32. The third-order valence-electron chi connectivity index (χ3n) is 1.81. The summed E-state index contributed by atoms with van der Waals surface area (Å²) >= 11 is -1.47. The van der Waals surface area contributed by atoms with Crippen LogP contribution in [0.1, 0.15) is 0 Å². The Hall–Kier alpha value is -1.23. The van der Waals surface area contributed by atoms with Gasteiger partial charge in [-0.1, -0.05) is 0 Å². The molecule has 0 fully saturated rings. The van der Waals surface area contributed by atoms with Gasteiger partial charge in [0.2, 0.25) is 0 Å². The Morgan fingerprint density at radius 3 is 1.29 bits per heavy atom. The van der Waals surface area contributed by atoms with Crippen molar-refractivity contribution >= 4 is 0 Å². The number of hydrogen-bond acceptors (Lipinski definition) is 2. The van der Waals surface area contributed by atoms with Crippen molar-refractivity contribution in [2.75, 3.05) is 0 Å². The summed E-state index contributed by atoms with van der Waals surface area (Å²) in [6, 6.07) is 19.6. The molecule has 0 N–H and O–H groups in total. The van der Waals surface area contributed by atoms with E-state index in [-0.39, 0.29) is 9.41 Å². The van der Waals surface area contributed by atoms with Gasteiger partial charge in [-0.15, -0.1) is 0 Å². The molecule has 0 amide bonds. The molecular formula is C12H10F2HfO2. The van der Waals surface area contributed by atoms with E-state index in [1.807, 2.05) is 60.7 Å². The fourth-order valence-corrected chi connectivity index (χ4v) is 2.91. The van der Waals surface area contributed by atoms with E-state index in [0.29, 0.717) is 0 Å². The predicted molar refractivity (Wildman–Crippen MR) is 54.1 cm³/mol. The quantitative estimate of drug-likeness (QED) is 0.510. The van der Waals surface area contributed by atoms with Crippen LogP contribution in [0, 0.1) is 0 Å². The van der Waals surface area contributed by atoms with Gasteiger partial charge in [0.25, 0.3) is 0 Å². The van der Waals surface area contributed by atoms with E-state index in [4.69, 9.17) is 5.71 Å². The van der Waals surface area contributed by atoms with Crippen molar-refractivity contribution in [3.05, 3.63) is 60.7 Å². The van der Waals surface area contributed by atoms with Gasteiger partial charge in [0.15, 0.2) is 0 Å². The molecule has 0 unspecified atom stereocenters. The fourth-order valence-electron chi connectivity index (χ4n) is 1.09. The molecule has 0 aliphatic heterocycles. The second kappa shape index (κ2) is 8.87. The first-order valence-corrected chi connectivity index (χ1v) is 7.57. The summed E-state index contributed by atoms with van der Waals surface area (Å²) in [5, 5.41) is 0. The van der Waals surface area contributed by atoms with Crippen LogP contribution >= 0.6 is 0 Å². The molecule has 2 aromatic carbocycles. The van der Waals surface area contributed by atoms with E-state index >= 15 is 0 Å². The van der Waals surface area contributed by atoms with Gasteiger partial charge in [0.1, 0.15) is 0 Å². The Kier molecular flexibility index (Phi) is 8.23. The monoisotopic (exact) mass is 404 g/mol. The predicted octanol–water partition coefficient (Wildman–Crippen LogP) is -2.94. The van der Waals surface area contributed by atoms with Gasteiger partial charge >= 0.3 is 102 Å². The van der Waals surface area contributed by atoms with Gasteiger partial charge in [-0.05, 0) is 0 Å². The van der Waals surface area contributed by atoms with Crippen LogP contribution in [0.15, 0.2) is 60.7 Å². The third kappa shape index (κ3) is 5.58. The summed E-state index contributed by atoms with van der Waals surface area (Å²) in [5.41, 5.74) is 0. The molecule has 2 aromatic rings. The second-order valence-electron chi connectivity index (χ2n) is 2.91. The van der Waals surface area contributed by atoms with Crippen molar-refractivity contribution < 1.29 is 38.9 Å². The standard InChI is InChI=1S/2C6H6O.2FH.Hf/c2*7-6-4-2-1-3-5-6;;;/h2*1-5,7H;2*1H;/q;;;;+4/p-4. The minimum absolute atomic E-state index is 0. The molecule has 0 aliphatic carbocycles. The first kappa shape index (κ1) is 15.8. The van der Waals surface area contributed by atoms with Gasteiger partial charge in [-0.3, -0.25) is 0 Å². The zero-order chi connectivity index (χ0) is 10.3. The number of halogens is 2.